The molecule has 2 atom stereocenters. The maximum absolute atomic E-state index is 4.59. The number of piperazine rings is 1. The SMILES string of the molecule is CCC1CNC(CC(C)C)CN1Cc1cc(C)nn1CC. The summed E-state index contributed by atoms with van der Waals surface area (Å²) in [6.45, 7) is 15.5. The predicted octanol–water partition coefficient (Wildman–Crippen LogP) is 2.81. The van der Waals surface area contributed by atoms with E-state index in [9.17, 15) is 0 Å². The average Bonchev–Trinajstić information content (AvgIpc) is 2.78. The maximum atomic E-state index is 4.59. The first-order valence-corrected chi connectivity index (χ1v) is 8.54. The molecule has 0 aliphatic carbocycles. The lowest BCUT2D eigenvalue weighted by molar-refractivity contribution is 0.108. The van der Waals surface area contributed by atoms with Crippen molar-refractivity contribution >= 4 is 0 Å². The van der Waals surface area contributed by atoms with Crippen LogP contribution in [0.4, 0.5) is 0 Å². The first-order valence-electron chi connectivity index (χ1n) is 8.54. The van der Waals surface area contributed by atoms with Crippen LogP contribution in [0.25, 0.3) is 0 Å². The van der Waals surface area contributed by atoms with E-state index in [1.807, 2.05) is 0 Å². The van der Waals surface area contributed by atoms with Gasteiger partial charge in [-0.1, -0.05) is 20.8 Å². The van der Waals surface area contributed by atoms with Crippen molar-refractivity contribution in [3.05, 3.63) is 17.5 Å². The molecule has 4 nitrogen and oxygen atoms in total. The number of hydrogen-bond acceptors (Lipinski definition) is 3. The first kappa shape index (κ1) is 16.5. The van der Waals surface area contributed by atoms with E-state index in [1.165, 1.54) is 18.5 Å². The second kappa shape index (κ2) is 7.41. The van der Waals surface area contributed by atoms with Crippen LogP contribution in [0.3, 0.4) is 0 Å². The molecule has 1 saturated heterocycles. The van der Waals surface area contributed by atoms with E-state index >= 15 is 0 Å². The zero-order chi connectivity index (χ0) is 15.4. The van der Waals surface area contributed by atoms with E-state index < -0.39 is 0 Å². The fraction of sp³-hybridized carbons (Fsp3) is 0.824. The van der Waals surface area contributed by atoms with Gasteiger partial charge < -0.3 is 5.32 Å². The Balaban J connectivity index is 2.06. The number of aryl methyl sites for hydroxylation is 2. The van der Waals surface area contributed by atoms with Crippen LogP contribution in [-0.4, -0.2) is 39.9 Å². The molecule has 0 radical (unpaired) electrons. The molecule has 1 aromatic rings. The monoisotopic (exact) mass is 292 g/mol. The molecule has 0 aromatic carbocycles. The lowest BCUT2D eigenvalue weighted by atomic mass is 9.99. The van der Waals surface area contributed by atoms with Crippen molar-refractivity contribution in [1.29, 1.82) is 0 Å². The average molecular weight is 292 g/mol. The zero-order valence-electron chi connectivity index (χ0n) is 14.4. The van der Waals surface area contributed by atoms with Crippen molar-refractivity contribution in [2.75, 3.05) is 13.1 Å². The van der Waals surface area contributed by atoms with Gasteiger partial charge in [0.1, 0.15) is 0 Å². The Morgan fingerprint density at radius 3 is 2.76 bits per heavy atom. The van der Waals surface area contributed by atoms with Gasteiger partial charge in [-0.2, -0.15) is 5.10 Å². The molecule has 1 aromatic heterocycles. The van der Waals surface area contributed by atoms with Crippen molar-refractivity contribution in [1.82, 2.24) is 20.0 Å². The molecule has 2 unspecified atom stereocenters. The van der Waals surface area contributed by atoms with Gasteiger partial charge in [-0.15, -0.1) is 0 Å². The van der Waals surface area contributed by atoms with Crippen molar-refractivity contribution in [3.63, 3.8) is 0 Å². The van der Waals surface area contributed by atoms with E-state index in [1.54, 1.807) is 0 Å². The topological polar surface area (TPSA) is 33.1 Å². The van der Waals surface area contributed by atoms with Gasteiger partial charge in [0, 0.05) is 38.3 Å². The Kier molecular flexibility index (Phi) is 5.82. The quantitative estimate of drug-likeness (QED) is 0.875. The van der Waals surface area contributed by atoms with E-state index in [4.69, 9.17) is 0 Å². The largest absolute Gasteiger partial charge is 0.311 e. The highest BCUT2D eigenvalue weighted by atomic mass is 15.3. The summed E-state index contributed by atoms with van der Waals surface area (Å²) in [4.78, 5) is 2.66. The highest BCUT2D eigenvalue weighted by Gasteiger charge is 2.27. The van der Waals surface area contributed by atoms with Gasteiger partial charge in [-0.25, -0.2) is 0 Å². The minimum Gasteiger partial charge on any atom is -0.311 e. The molecular formula is C17H32N4. The van der Waals surface area contributed by atoms with Crippen LogP contribution in [0.2, 0.25) is 0 Å². The molecule has 1 N–H and O–H groups in total. The van der Waals surface area contributed by atoms with Gasteiger partial charge in [0.25, 0.3) is 0 Å². The molecule has 21 heavy (non-hydrogen) atoms. The highest BCUT2D eigenvalue weighted by molar-refractivity contribution is 5.09. The molecule has 4 heteroatoms. The molecule has 1 fully saturated rings. The van der Waals surface area contributed by atoms with Gasteiger partial charge >= 0.3 is 0 Å². The third-order valence-corrected chi connectivity index (χ3v) is 4.49. The summed E-state index contributed by atoms with van der Waals surface area (Å²) in [7, 11) is 0. The lowest BCUT2D eigenvalue weighted by Crippen LogP contribution is -2.56. The lowest BCUT2D eigenvalue weighted by Gasteiger charge is -2.40. The minimum absolute atomic E-state index is 0.631. The van der Waals surface area contributed by atoms with Gasteiger partial charge in [-0.05, 0) is 38.7 Å². The predicted molar refractivity (Wildman–Crippen MR) is 88.4 cm³/mol. The number of rotatable bonds is 6. The summed E-state index contributed by atoms with van der Waals surface area (Å²) < 4.78 is 2.15. The molecular weight excluding hydrogens is 260 g/mol. The Hall–Kier alpha value is -0.870. The van der Waals surface area contributed by atoms with Crippen LogP contribution in [0.5, 0.6) is 0 Å². The smallest absolute Gasteiger partial charge is 0.0597 e. The molecule has 120 valence electrons. The van der Waals surface area contributed by atoms with Crippen molar-refractivity contribution in [3.8, 4) is 0 Å². The molecule has 0 saturated carbocycles. The summed E-state index contributed by atoms with van der Waals surface area (Å²) in [6, 6.07) is 3.52. The maximum Gasteiger partial charge on any atom is 0.0597 e. The summed E-state index contributed by atoms with van der Waals surface area (Å²) in [5, 5.41) is 8.32. The van der Waals surface area contributed by atoms with Crippen molar-refractivity contribution in [2.45, 2.75) is 72.6 Å². The molecule has 0 spiro atoms. The third-order valence-electron chi connectivity index (χ3n) is 4.49. The van der Waals surface area contributed by atoms with Crippen molar-refractivity contribution in [2.24, 2.45) is 5.92 Å². The van der Waals surface area contributed by atoms with Crippen LogP contribution in [0.15, 0.2) is 6.07 Å². The van der Waals surface area contributed by atoms with Crippen LogP contribution >= 0.6 is 0 Å². The number of hydrogen-bond donors (Lipinski definition) is 1. The summed E-state index contributed by atoms with van der Waals surface area (Å²) in [5.74, 6) is 0.756. The first-order chi connectivity index (χ1) is 10.0. The summed E-state index contributed by atoms with van der Waals surface area (Å²) >= 11 is 0. The molecule has 2 rings (SSSR count). The Morgan fingerprint density at radius 1 is 1.38 bits per heavy atom. The van der Waals surface area contributed by atoms with E-state index in [2.05, 4.69) is 60.7 Å². The third kappa shape index (κ3) is 4.30. The Morgan fingerprint density at radius 2 is 2.14 bits per heavy atom. The normalized spacial score (nSPS) is 23.9. The summed E-state index contributed by atoms with van der Waals surface area (Å²) in [6.07, 6.45) is 2.47. The summed E-state index contributed by atoms with van der Waals surface area (Å²) in [5.41, 5.74) is 2.49. The van der Waals surface area contributed by atoms with Gasteiger partial charge in [0.2, 0.25) is 0 Å². The molecule has 0 bridgehead atoms. The van der Waals surface area contributed by atoms with Crippen molar-refractivity contribution < 1.29 is 0 Å². The standard InChI is InChI=1S/C17H32N4/c1-6-16-10-18-15(8-13(3)4)11-20(16)12-17-9-14(5)19-21(17)7-2/h9,13,15-16,18H,6-8,10-12H2,1-5H3. The molecule has 2 heterocycles. The van der Waals surface area contributed by atoms with E-state index in [0.717, 1.165) is 37.8 Å². The van der Waals surface area contributed by atoms with Crippen LogP contribution in [0, 0.1) is 12.8 Å². The van der Waals surface area contributed by atoms with Crippen LogP contribution < -0.4 is 5.32 Å². The number of nitrogens with zero attached hydrogens (tertiary/aromatic N) is 3. The number of aromatic nitrogens is 2. The van der Waals surface area contributed by atoms with Crippen LogP contribution in [0.1, 0.15) is 51.9 Å². The Labute approximate surface area is 129 Å². The second-order valence-corrected chi connectivity index (χ2v) is 6.82. The van der Waals surface area contributed by atoms with Crippen LogP contribution in [-0.2, 0) is 13.1 Å². The van der Waals surface area contributed by atoms with E-state index in [0.29, 0.717) is 12.1 Å². The molecule has 1 aliphatic heterocycles. The minimum atomic E-state index is 0.631. The van der Waals surface area contributed by atoms with Gasteiger partial charge in [0.15, 0.2) is 0 Å². The van der Waals surface area contributed by atoms with Gasteiger partial charge in [-0.3, -0.25) is 9.58 Å². The fourth-order valence-electron chi connectivity index (χ4n) is 3.46. The number of nitrogens with one attached hydrogen (secondary N) is 1. The van der Waals surface area contributed by atoms with Gasteiger partial charge in [0.05, 0.1) is 11.4 Å². The fourth-order valence-corrected chi connectivity index (χ4v) is 3.46. The molecule has 0 amide bonds. The second-order valence-electron chi connectivity index (χ2n) is 6.82. The highest BCUT2D eigenvalue weighted by Crippen LogP contribution is 2.18. The molecule has 1 aliphatic rings. The van der Waals surface area contributed by atoms with E-state index in [-0.39, 0.29) is 0 Å². The Bertz CT molecular complexity index is 438. The zero-order valence-corrected chi connectivity index (χ0v) is 14.4.